The average molecular weight is 444 g/mol. The molecule has 0 saturated heterocycles. The number of anilines is 3. The van der Waals surface area contributed by atoms with Gasteiger partial charge in [-0.25, -0.2) is 10.1 Å². The Bertz CT molecular complexity index is 1270. The van der Waals surface area contributed by atoms with Crippen molar-refractivity contribution in [2.24, 2.45) is 4.99 Å². The largest absolute Gasteiger partial charge is 0.325 e. The van der Waals surface area contributed by atoms with Crippen LogP contribution in [0.2, 0.25) is 0 Å². The van der Waals surface area contributed by atoms with Crippen LogP contribution in [0.3, 0.4) is 0 Å². The van der Waals surface area contributed by atoms with Crippen LogP contribution < -0.4 is 16.1 Å². The monoisotopic (exact) mass is 443 g/mol. The number of benzene rings is 3. The van der Waals surface area contributed by atoms with Crippen molar-refractivity contribution in [1.29, 1.82) is 0 Å². The van der Waals surface area contributed by atoms with E-state index in [0.717, 1.165) is 17.1 Å². The topological polar surface area (TPSA) is 82.1 Å². The highest BCUT2D eigenvalue weighted by molar-refractivity contribution is 7.71. The molecule has 1 aromatic heterocycles. The smallest absolute Gasteiger partial charge is 0.246 e. The van der Waals surface area contributed by atoms with Gasteiger partial charge < -0.3 is 10.6 Å². The number of rotatable bonds is 5. The summed E-state index contributed by atoms with van der Waals surface area (Å²) in [5.74, 6) is 1.02. The van der Waals surface area contributed by atoms with Crippen molar-refractivity contribution in [3.8, 4) is 0 Å². The quantitative estimate of drug-likeness (QED) is 0.174. The summed E-state index contributed by atoms with van der Waals surface area (Å²) in [5, 5.41) is 13.8. The molecule has 4 rings (SSSR count). The molecule has 4 N–H and O–H groups in total. The number of hydrogen-bond acceptors (Lipinski definition) is 4. The van der Waals surface area contributed by atoms with Gasteiger partial charge in [0, 0.05) is 11.4 Å². The minimum atomic E-state index is 0.405. The molecule has 0 atom stereocenters. The lowest BCUT2D eigenvalue weighted by molar-refractivity contribution is 0.955. The van der Waals surface area contributed by atoms with Gasteiger partial charge in [-0.1, -0.05) is 53.1 Å². The lowest BCUT2D eigenvalue weighted by atomic mass is 10.2. The fraction of sp³-hybridized carbons (Fsp3) is 0.125. The molecular weight excluding hydrogens is 418 g/mol. The normalized spacial score (nSPS) is 11.3. The van der Waals surface area contributed by atoms with Crippen molar-refractivity contribution in [2.75, 3.05) is 16.1 Å². The van der Waals surface area contributed by atoms with Crippen LogP contribution >= 0.6 is 12.2 Å². The number of aromatic nitrogens is 3. The summed E-state index contributed by atoms with van der Waals surface area (Å²) in [6, 6.07) is 24.1. The highest BCUT2D eigenvalue weighted by Gasteiger charge is 2.10. The predicted molar refractivity (Wildman–Crippen MR) is 134 cm³/mol. The molecule has 162 valence electrons. The van der Waals surface area contributed by atoms with Crippen molar-refractivity contribution in [1.82, 2.24) is 14.9 Å². The number of aliphatic imine (C=N–C) groups is 1. The number of aryl methyl sites for hydroxylation is 3. The van der Waals surface area contributed by atoms with Gasteiger partial charge in [0.15, 0.2) is 0 Å². The second-order valence-corrected chi connectivity index (χ2v) is 7.96. The van der Waals surface area contributed by atoms with Gasteiger partial charge in [0.2, 0.25) is 16.7 Å². The van der Waals surface area contributed by atoms with Crippen LogP contribution in [0.1, 0.15) is 16.7 Å². The predicted octanol–water partition coefficient (Wildman–Crippen LogP) is 5.95. The van der Waals surface area contributed by atoms with Crippen molar-refractivity contribution in [3.05, 3.63) is 94.3 Å². The number of nitrogens with one attached hydrogen (secondary N) is 4. The fourth-order valence-corrected chi connectivity index (χ4v) is 3.14. The summed E-state index contributed by atoms with van der Waals surface area (Å²) in [7, 11) is 0. The second kappa shape index (κ2) is 9.49. The minimum absolute atomic E-state index is 0.405. The third-order valence-electron chi connectivity index (χ3n) is 4.79. The number of guanidine groups is 1. The summed E-state index contributed by atoms with van der Waals surface area (Å²) in [6.45, 7) is 6.15. The van der Waals surface area contributed by atoms with Crippen LogP contribution in [-0.2, 0) is 0 Å². The first-order valence-electron chi connectivity index (χ1n) is 10.2. The maximum Gasteiger partial charge on any atom is 0.246 e. The number of hydrogen-bond donors (Lipinski definition) is 4. The van der Waals surface area contributed by atoms with Gasteiger partial charge in [0.05, 0.1) is 5.69 Å². The zero-order chi connectivity index (χ0) is 22.5. The van der Waals surface area contributed by atoms with E-state index in [1.165, 1.54) is 16.7 Å². The van der Waals surface area contributed by atoms with E-state index in [2.05, 4.69) is 33.2 Å². The van der Waals surface area contributed by atoms with Crippen LogP contribution in [0.25, 0.3) is 0 Å². The maximum atomic E-state index is 5.45. The van der Waals surface area contributed by atoms with Crippen LogP contribution in [0.15, 0.2) is 77.8 Å². The third-order valence-corrected chi connectivity index (χ3v) is 5.06. The average Bonchev–Trinajstić information content (AvgIpc) is 3.12. The van der Waals surface area contributed by atoms with E-state index in [0.29, 0.717) is 16.7 Å². The highest BCUT2D eigenvalue weighted by Crippen LogP contribution is 2.17. The first-order chi connectivity index (χ1) is 15.5. The summed E-state index contributed by atoms with van der Waals surface area (Å²) < 4.78 is 2.05. The van der Waals surface area contributed by atoms with Gasteiger partial charge in [0.1, 0.15) is 0 Å². The Kier molecular flexibility index (Phi) is 6.32. The van der Waals surface area contributed by atoms with E-state index in [9.17, 15) is 0 Å². The first-order valence-corrected chi connectivity index (χ1v) is 10.6. The van der Waals surface area contributed by atoms with Gasteiger partial charge in [0.25, 0.3) is 0 Å². The second-order valence-electron chi connectivity index (χ2n) is 7.58. The molecular formula is C24H25N7S. The van der Waals surface area contributed by atoms with Crippen LogP contribution in [-0.4, -0.2) is 20.8 Å². The molecule has 0 bridgehead atoms. The molecule has 0 aliphatic heterocycles. The molecule has 3 aromatic carbocycles. The molecule has 1 heterocycles. The Morgan fingerprint density at radius 3 is 1.94 bits per heavy atom. The Labute approximate surface area is 192 Å². The summed E-state index contributed by atoms with van der Waals surface area (Å²) in [6.07, 6.45) is 0. The Hall–Kier alpha value is -3.91. The molecule has 0 radical (unpaired) electrons. The molecule has 0 aliphatic rings. The summed E-state index contributed by atoms with van der Waals surface area (Å²) >= 11 is 5.45. The molecule has 0 saturated carbocycles. The summed E-state index contributed by atoms with van der Waals surface area (Å²) in [4.78, 5) is 4.75. The maximum absolute atomic E-state index is 5.45. The molecule has 0 spiro atoms. The molecule has 0 amide bonds. The molecule has 8 heteroatoms. The first kappa shape index (κ1) is 21.3. The third kappa shape index (κ3) is 5.41. The molecule has 4 aromatic rings. The number of nitrogens with zero attached hydrogens (tertiary/aromatic N) is 3. The number of aromatic amines is 1. The molecule has 0 fully saturated rings. The van der Waals surface area contributed by atoms with E-state index in [4.69, 9.17) is 17.2 Å². The lowest BCUT2D eigenvalue weighted by Gasteiger charge is -2.15. The van der Waals surface area contributed by atoms with Crippen molar-refractivity contribution in [2.45, 2.75) is 20.8 Å². The van der Waals surface area contributed by atoms with Gasteiger partial charge in [-0.3, -0.25) is 5.43 Å². The minimum Gasteiger partial charge on any atom is -0.325 e. The summed E-state index contributed by atoms with van der Waals surface area (Å²) in [5.41, 5.74) is 9.39. The van der Waals surface area contributed by atoms with Gasteiger partial charge in [-0.15, -0.1) is 5.10 Å². The zero-order valence-electron chi connectivity index (χ0n) is 18.2. The van der Waals surface area contributed by atoms with Crippen molar-refractivity contribution < 1.29 is 0 Å². The Balaban J connectivity index is 1.65. The molecule has 0 unspecified atom stereocenters. The van der Waals surface area contributed by atoms with E-state index >= 15 is 0 Å². The van der Waals surface area contributed by atoms with Gasteiger partial charge in [-0.2, -0.15) is 4.68 Å². The van der Waals surface area contributed by atoms with E-state index in [1.807, 2.05) is 86.6 Å². The lowest BCUT2D eigenvalue weighted by Crippen LogP contribution is -2.30. The standard InChI is InChI=1S/C24H25N7S/c1-16-4-10-19(11-5-16)25-22(26-20-12-6-17(2)7-13-20)30-31-23(28-29-24(31)32)27-21-14-8-18(3)9-15-21/h4-15H,1-3H3,(H,27,28)(H,29,32)(H2,25,26,30). The van der Waals surface area contributed by atoms with E-state index in [-0.39, 0.29) is 0 Å². The van der Waals surface area contributed by atoms with E-state index < -0.39 is 0 Å². The molecule has 7 nitrogen and oxygen atoms in total. The van der Waals surface area contributed by atoms with E-state index in [1.54, 1.807) is 4.68 Å². The van der Waals surface area contributed by atoms with Crippen LogP contribution in [0.4, 0.5) is 23.0 Å². The van der Waals surface area contributed by atoms with Crippen LogP contribution in [0.5, 0.6) is 0 Å². The molecule has 0 aliphatic carbocycles. The Morgan fingerprint density at radius 2 is 1.34 bits per heavy atom. The van der Waals surface area contributed by atoms with Crippen molar-refractivity contribution in [3.63, 3.8) is 0 Å². The number of H-pyrrole nitrogens is 1. The SMILES string of the molecule is Cc1ccc(N=C(Nc2ccc(C)cc2)Nn2c(Nc3ccc(C)cc3)n[nH]c2=S)cc1. The Morgan fingerprint density at radius 1 is 0.812 bits per heavy atom. The highest BCUT2D eigenvalue weighted by atomic mass is 32.1. The fourth-order valence-electron chi connectivity index (χ4n) is 2.96. The van der Waals surface area contributed by atoms with Gasteiger partial charge >= 0.3 is 0 Å². The molecule has 32 heavy (non-hydrogen) atoms. The van der Waals surface area contributed by atoms with Crippen molar-refractivity contribution >= 4 is 41.2 Å². The zero-order valence-corrected chi connectivity index (χ0v) is 19.0. The van der Waals surface area contributed by atoms with Crippen LogP contribution in [0, 0.1) is 25.5 Å². The van der Waals surface area contributed by atoms with Gasteiger partial charge in [-0.05, 0) is 69.4 Å².